The van der Waals surface area contributed by atoms with Crippen molar-refractivity contribution in [3.8, 4) is 11.5 Å². The van der Waals surface area contributed by atoms with Gasteiger partial charge in [-0.05, 0) is 49.2 Å². The molecule has 0 bridgehead atoms. The Morgan fingerprint density at radius 3 is 1.16 bits per heavy atom. The third-order valence-electron chi connectivity index (χ3n) is 6.47. The van der Waals surface area contributed by atoms with Crippen LogP contribution in [-0.2, 0) is 21.8 Å². The molecule has 0 aromatic heterocycles. The first kappa shape index (κ1) is 25.8. The molecule has 192 valence electrons. The van der Waals surface area contributed by atoms with Crippen molar-refractivity contribution in [1.82, 2.24) is 0 Å². The number of benzene rings is 4. The van der Waals surface area contributed by atoms with Crippen molar-refractivity contribution in [3.05, 3.63) is 95.1 Å². The van der Waals surface area contributed by atoms with Gasteiger partial charge in [-0.15, -0.1) is 0 Å². The Hall–Kier alpha value is -3.88. The second-order valence-electron chi connectivity index (χ2n) is 8.75. The summed E-state index contributed by atoms with van der Waals surface area (Å²) >= 11 is 0. The van der Waals surface area contributed by atoms with E-state index in [1.54, 1.807) is 12.1 Å². The summed E-state index contributed by atoms with van der Waals surface area (Å²) in [5, 5.41) is 20.4. The molecule has 0 amide bonds. The Labute approximate surface area is 226 Å². The van der Waals surface area contributed by atoms with E-state index >= 15 is 0 Å². The smallest absolute Gasteiger partial charge is 0.340 e. The van der Waals surface area contributed by atoms with Gasteiger partial charge in [0.2, 0.25) is 19.6 Å². The van der Waals surface area contributed by atoms with Gasteiger partial charge in [0.25, 0.3) is 0 Å². The standard InChI is InChI=1S/C30H24O6S2/c1-17-13-27(19(29(31)32)15-21(17)35-3)37-23-9-5-7-11-25(23)38(26-12-8-6-10-24(26)37)28-14-18(2)22(36-4)16-20(28)30(33)34/h5-16H,1-4H3/p+2. The fourth-order valence-corrected chi connectivity index (χ4v) is 10.4. The van der Waals surface area contributed by atoms with Crippen LogP contribution in [0.4, 0.5) is 0 Å². The highest BCUT2D eigenvalue weighted by Crippen LogP contribution is 2.50. The molecule has 0 aliphatic carbocycles. The number of hydrogen-bond donors (Lipinski definition) is 2. The van der Waals surface area contributed by atoms with Gasteiger partial charge in [0.15, 0.2) is 9.79 Å². The molecule has 0 spiro atoms. The predicted octanol–water partition coefficient (Wildman–Crippen LogP) is 6.22. The minimum Gasteiger partial charge on any atom is -0.496 e. The number of carboxylic acid groups (broad SMARTS) is 2. The average molecular weight is 547 g/mol. The lowest BCUT2D eigenvalue weighted by atomic mass is 10.1. The fraction of sp³-hybridized carbons (Fsp3) is 0.133. The lowest BCUT2D eigenvalue weighted by Crippen LogP contribution is -2.24. The maximum Gasteiger partial charge on any atom is 0.340 e. The van der Waals surface area contributed by atoms with E-state index in [1.165, 1.54) is 14.2 Å². The maximum atomic E-state index is 12.4. The number of rotatable bonds is 6. The molecule has 4 aromatic rings. The third kappa shape index (κ3) is 4.19. The zero-order valence-corrected chi connectivity index (χ0v) is 22.9. The molecule has 0 saturated carbocycles. The zero-order chi connectivity index (χ0) is 27.1. The quantitative estimate of drug-likeness (QED) is 0.246. The van der Waals surface area contributed by atoms with Gasteiger partial charge in [-0.25, -0.2) is 9.59 Å². The molecule has 1 aliphatic rings. The van der Waals surface area contributed by atoms with Crippen LogP contribution in [0.15, 0.2) is 102 Å². The Morgan fingerprint density at radius 2 is 0.895 bits per heavy atom. The average Bonchev–Trinajstić information content (AvgIpc) is 2.91. The van der Waals surface area contributed by atoms with Crippen LogP contribution in [0.2, 0.25) is 0 Å². The summed E-state index contributed by atoms with van der Waals surface area (Å²) in [6, 6.07) is 22.9. The molecule has 4 aromatic carbocycles. The topological polar surface area (TPSA) is 93.1 Å². The number of fused-ring (bicyclic) bond motifs is 2. The normalized spacial score (nSPS) is 15.8. The Kier molecular flexibility index (Phi) is 6.86. The lowest BCUT2D eigenvalue weighted by molar-refractivity contribution is 0.0682. The number of aryl methyl sites for hydroxylation is 2. The molecule has 0 fully saturated rings. The van der Waals surface area contributed by atoms with Gasteiger partial charge in [-0.1, -0.05) is 24.3 Å². The molecule has 1 heterocycles. The molecule has 5 rings (SSSR count). The minimum atomic E-state index is -1.02. The summed E-state index contributed by atoms with van der Waals surface area (Å²) in [6.07, 6.45) is 0. The van der Waals surface area contributed by atoms with Crippen LogP contribution in [0.25, 0.3) is 0 Å². The third-order valence-corrected chi connectivity index (χ3v) is 11.5. The summed E-state index contributed by atoms with van der Waals surface area (Å²) in [5.41, 5.74) is 2.07. The summed E-state index contributed by atoms with van der Waals surface area (Å²) in [7, 11) is 1.59. The molecular weight excluding hydrogens is 520 g/mol. The van der Waals surface area contributed by atoms with Gasteiger partial charge in [0.1, 0.15) is 44.4 Å². The molecule has 0 unspecified atom stereocenters. The van der Waals surface area contributed by atoms with E-state index in [9.17, 15) is 19.8 Å². The van der Waals surface area contributed by atoms with Gasteiger partial charge < -0.3 is 19.7 Å². The maximum absolute atomic E-state index is 12.4. The lowest BCUT2D eigenvalue weighted by Gasteiger charge is -2.21. The van der Waals surface area contributed by atoms with Crippen molar-refractivity contribution in [2.24, 2.45) is 0 Å². The van der Waals surface area contributed by atoms with Gasteiger partial charge >= 0.3 is 11.9 Å². The largest absolute Gasteiger partial charge is 0.496 e. The minimum absolute atomic E-state index is 0.189. The first-order chi connectivity index (χ1) is 18.3. The molecule has 0 atom stereocenters. The van der Waals surface area contributed by atoms with Gasteiger partial charge in [0, 0.05) is 24.3 Å². The molecule has 0 saturated heterocycles. The molecular formula is C30H26O6S2+2. The predicted molar refractivity (Wildman–Crippen MR) is 147 cm³/mol. The molecule has 6 nitrogen and oxygen atoms in total. The van der Waals surface area contributed by atoms with Crippen LogP contribution in [0.5, 0.6) is 11.5 Å². The molecule has 2 N–H and O–H groups in total. The van der Waals surface area contributed by atoms with E-state index in [4.69, 9.17) is 9.47 Å². The number of methoxy groups -OCH3 is 2. The Bertz CT molecular complexity index is 1430. The molecule has 0 radical (unpaired) electrons. The van der Waals surface area contributed by atoms with Crippen LogP contribution in [0, 0.1) is 13.8 Å². The number of hydrogen-bond acceptors (Lipinski definition) is 4. The fourth-order valence-electron chi connectivity index (χ4n) is 4.72. The van der Waals surface area contributed by atoms with Crippen LogP contribution >= 0.6 is 0 Å². The van der Waals surface area contributed by atoms with Crippen LogP contribution in [0.1, 0.15) is 31.8 Å². The van der Waals surface area contributed by atoms with E-state index in [1.807, 2.05) is 74.5 Å². The van der Waals surface area contributed by atoms with Crippen molar-refractivity contribution >= 4 is 33.7 Å². The first-order valence-electron chi connectivity index (χ1n) is 11.8. The number of carboxylic acids is 2. The second kappa shape index (κ2) is 10.1. The SMILES string of the molecule is COc1cc(C(=O)O)c([S+]2c3ccccc3[S+](c3cc(C)c(OC)cc3C(=O)O)c3ccccc32)cc1C. The highest BCUT2D eigenvalue weighted by atomic mass is 32.2. The summed E-state index contributed by atoms with van der Waals surface area (Å²) < 4.78 is 10.9. The summed E-state index contributed by atoms with van der Waals surface area (Å²) in [6.45, 7) is 3.81. The second-order valence-corrected chi connectivity index (χ2v) is 12.6. The Balaban J connectivity index is 1.84. The number of aromatic carboxylic acids is 2. The monoisotopic (exact) mass is 546 g/mol. The van der Waals surface area contributed by atoms with E-state index in [-0.39, 0.29) is 11.1 Å². The number of carbonyl (C=O) groups is 2. The van der Waals surface area contributed by atoms with Crippen LogP contribution < -0.4 is 9.47 Å². The summed E-state index contributed by atoms with van der Waals surface area (Å²) in [4.78, 5) is 30.2. The van der Waals surface area contributed by atoms with Gasteiger partial charge in [-0.3, -0.25) is 0 Å². The highest BCUT2D eigenvalue weighted by molar-refractivity contribution is 8.02. The van der Waals surface area contributed by atoms with E-state index in [0.29, 0.717) is 21.3 Å². The number of ether oxygens (including phenoxy) is 2. The van der Waals surface area contributed by atoms with Crippen LogP contribution in [-0.4, -0.2) is 36.4 Å². The van der Waals surface area contributed by atoms with Gasteiger partial charge in [0.05, 0.1) is 14.2 Å². The zero-order valence-electron chi connectivity index (χ0n) is 21.3. The Morgan fingerprint density at radius 1 is 0.579 bits per heavy atom. The summed E-state index contributed by atoms with van der Waals surface area (Å²) in [5.74, 6) is -1.01. The molecule has 8 heteroatoms. The van der Waals surface area contributed by atoms with E-state index < -0.39 is 33.7 Å². The van der Waals surface area contributed by atoms with Gasteiger partial charge in [-0.2, -0.15) is 0 Å². The van der Waals surface area contributed by atoms with E-state index in [0.717, 1.165) is 30.7 Å². The van der Waals surface area contributed by atoms with Crippen molar-refractivity contribution in [2.45, 2.75) is 43.2 Å². The van der Waals surface area contributed by atoms with Crippen molar-refractivity contribution < 1.29 is 29.3 Å². The highest BCUT2D eigenvalue weighted by Gasteiger charge is 2.52. The molecule has 1 aliphatic heterocycles. The van der Waals surface area contributed by atoms with Crippen molar-refractivity contribution in [3.63, 3.8) is 0 Å². The van der Waals surface area contributed by atoms with E-state index in [2.05, 4.69) is 0 Å². The van der Waals surface area contributed by atoms with Crippen molar-refractivity contribution in [2.75, 3.05) is 14.2 Å². The molecule has 38 heavy (non-hydrogen) atoms. The first-order valence-corrected chi connectivity index (χ1v) is 14.2. The van der Waals surface area contributed by atoms with Crippen LogP contribution in [0.3, 0.4) is 0 Å². The van der Waals surface area contributed by atoms with Crippen molar-refractivity contribution in [1.29, 1.82) is 0 Å².